The lowest BCUT2D eigenvalue weighted by Gasteiger charge is -2.24. The molecule has 0 aromatic carbocycles. The van der Waals surface area contributed by atoms with E-state index >= 15 is 0 Å². The topological polar surface area (TPSA) is 59.3 Å². The van der Waals surface area contributed by atoms with E-state index < -0.39 is 5.97 Å². The Labute approximate surface area is 110 Å². The zero-order valence-electron chi connectivity index (χ0n) is 10.8. The summed E-state index contributed by atoms with van der Waals surface area (Å²) in [4.78, 5) is 23.8. The lowest BCUT2D eigenvalue weighted by atomic mass is 9.85. The first-order chi connectivity index (χ1) is 8.49. The Bertz CT molecular complexity index is 503. The molecule has 2 atom stereocenters. The molecule has 1 aromatic rings. The summed E-state index contributed by atoms with van der Waals surface area (Å²) in [5.41, 5.74) is 1.15. The van der Waals surface area contributed by atoms with Gasteiger partial charge in [0.05, 0.1) is 0 Å². The van der Waals surface area contributed by atoms with Crippen molar-refractivity contribution < 1.29 is 9.90 Å². The maximum atomic E-state index is 12.0. The molecule has 100 valence electrons. The summed E-state index contributed by atoms with van der Waals surface area (Å²) >= 11 is 1.35. The molecule has 0 amide bonds. The summed E-state index contributed by atoms with van der Waals surface area (Å²) in [5, 5.41) is 8.65. The summed E-state index contributed by atoms with van der Waals surface area (Å²) in [6.07, 6.45) is 2.75. The number of carboxylic acids is 1. The second kappa shape index (κ2) is 5.26. The minimum Gasteiger partial charge on any atom is -0.481 e. The van der Waals surface area contributed by atoms with Crippen molar-refractivity contribution in [3.8, 4) is 0 Å². The van der Waals surface area contributed by atoms with Gasteiger partial charge in [-0.2, -0.15) is 0 Å². The normalized spacial score (nSPS) is 22.8. The summed E-state index contributed by atoms with van der Waals surface area (Å²) in [7, 11) is 0. The van der Waals surface area contributed by atoms with Crippen LogP contribution < -0.4 is 4.87 Å². The zero-order chi connectivity index (χ0) is 13.3. The smallest absolute Gasteiger partial charge is 0.307 e. The van der Waals surface area contributed by atoms with Gasteiger partial charge in [0.2, 0.25) is 0 Å². The molecule has 0 spiro atoms. The molecule has 0 radical (unpaired) electrons. The maximum absolute atomic E-state index is 12.0. The molecule has 1 aliphatic rings. The molecule has 1 aliphatic carbocycles. The van der Waals surface area contributed by atoms with Crippen molar-refractivity contribution >= 4 is 17.3 Å². The van der Waals surface area contributed by atoms with Gasteiger partial charge in [0.15, 0.2) is 0 Å². The fourth-order valence-corrected chi connectivity index (χ4v) is 3.89. The van der Waals surface area contributed by atoms with Gasteiger partial charge in [-0.1, -0.05) is 25.2 Å². The first-order valence-electron chi connectivity index (χ1n) is 6.43. The van der Waals surface area contributed by atoms with E-state index in [-0.39, 0.29) is 11.3 Å². The van der Waals surface area contributed by atoms with E-state index in [1.807, 2.05) is 0 Å². The largest absolute Gasteiger partial charge is 0.481 e. The fraction of sp³-hybridized carbons (Fsp3) is 0.692. The summed E-state index contributed by atoms with van der Waals surface area (Å²) in [6, 6.07) is 0. The zero-order valence-corrected chi connectivity index (χ0v) is 11.6. The van der Waals surface area contributed by atoms with E-state index in [9.17, 15) is 9.59 Å². The van der Waals surface area contributed by atoms with Crippen molar-refractivity contribution in [3.63, 3.8) is 0 Å². The van der Waals surface area contributed by atoms with Crippen LogP contribution in [0.3, 0.4) is 0 Å². The average Bonchev–Trinajstić information content (AvgIpc) is 2.56. The molecule has 0 aliphatic heterocycles. The van der Waals surface area contributed by atoms with Crippen LogP contribution in [-0.2, 0) is 17.8 Å². The summed E-state index contributed by atoms with van der Waals surface area (Å²) in [5.74, 6) is 0.267. The minimum atomic E-state index is -0.797. The lowest BCUT2D eigenvalue weighted by molar-refractivity contribution is -0.137. The highest BCUT2D eigenvalue weighted by Gasteiger charge is 2.27. The van der Waals surface area contributed by atoms with Gasteiger partial charge in [-0.15, -0.1) is 0 Å². The highest BCUT2D eigenvalue weighted by atomic mass is 32.1. The number of thiazole rings is 1. The summed E-state index contributed by atoms with van der Waals surface area (Å²) in [6.45, 7) is 4.92. The number of hydrogen-bond donors (Lipinski definition) is 1. The summed E-state index contributed by atoms with van der Waals surface area (Å²) < 4.78 is 1.80. The number of nitrogens with zero attached hydrogens (tertiary/aromatic N) is 1. The third kappa shape index (κ3) is 2.66. The van der Waals surface area contributed by atoms with E-state index in [1.165, 1.54) is 16.2 Å². The second-order valence-corrected chi connectivity index (χ2v) is 6.27. The van der Waals surface area contributed by atoms with Crippen LogP contribution in [0.5, 0.6) is 0 Å². The molecule has 0 saturated heterocycles. The number of carboxylic acid groups (broad SMARTS) is 1. The predicted molar refractivity (Wildman–Crippen MR) is 71.3 cm³/mol. The van der Waals surface area contributed by atoms with E-state index in [1.54, 1.807) is 4.57 Å². The van der Waals surface area contributed by atoms with Gasteiger partial charge in [0.25, 0.3) is 0 Å². The van der Waals surface area contributed by atoms with Gasteiger partial charge in [0, 0.05) is 23.5 Å². The van der Waals surface area contributed by atoms with Crippen LogP contribution >= 0.6 is 11.3 Å². The highest BCUT2D eigenvalue weighted by Crippen LogP contribution is 2.36. The molecule has 0 bridgehead atoms. The third-order valence-electron chi connectivity index (χ3n) is 3.55. The lowest BCUT2D eigenvalue weighted by Crippen LogP contribution is -2.21. The Morgan fingerprint density at radius 2 is 2.22 bits per heavy atom. The van der Waals surface area contributed by atoms with Crippen molar-refractivity contribution in [2.24, 2.45) is 5.92 Å². The quantitative estimate of drug-likeness (QED) is 0.913. The van der Waals surface area contributed by atoms with E-state index in [4.69, 9.17) is 5.11 Å². The third-order valence-corrected chi connectivity index (χ3v) is 4.80. The Morgan fingerprint density at radius 1 is 1.50 bits per heavy atom. The molecule has 1 N–H and O–H groups in total. The standard InChI is InChI=1S/C13H19NO3S/c1-8-6-9(2)12-10(7-8)14(13(17)18-12)5-3-4-11(15)16/h8-9H,3-7H2,1-2H3,(H,15,16). The Balaban J connectivity index is 2.21. The molecule has 0 saturated carbocycles. The Kier molecular flexibility index (Phi) is 3.90. The average molecular weight is 269 g/mol. The number of aromatic nitrogens is 1. The van der Waals surface area contributed by atoms with Crippen molar-refractivity contribution in [3.05, 3.63) is 20.2 Å². The van der Waals surface area contributed by atoms with Gasteiger partial charge >= 0.3 is 10.8 Å². The highest BCUT2D eigenvalue weighted by molar-refractivity contribution is 7.09. The van der Waals surface area contributed by atoms with E-state index in [0.29, 0.717) is 24.8 Å². The maximum Gasteiger partial charge on any atom is 0.307 e. The molecule has 2 unspecified atom stereocenters. The Hall–Kier alpha value is -1.10. The SMILES string of the molecule is CC1Cc2c(sc(=O)n2CCCC(=O)O)C(C)C1. The first-order valence-corrected chi connectivity index (χ1v) is 7.25. The van der Waals surface area contributed by atoms with E-state index in [0.717, 1.165) is 18.5 Å². The molecule has 1 heterocycles. The Morgan fingerprint density at radius 3 is 2.89 bits per heavy atom. The van der Waals surface area contributed by atoms with Crippen LogP contribution in [0, 0.1) is 5.92 Å². The minimum absolute atomic E-state index is 0.0753. The van der Waals surface area contributed by atoms with Gasteiger partial charge in [-0.05, 0) is 31.1 Å². The van der Waals surface area contributed by atoms with Gasteiger partial charge in [-0.25, -0.2) is 0 Å². The van der Waals surface area contributed by atoms with Crippen LogP contribution in [-0.4, -0.2) is 15.6 Å². The number of fused-ring (bicyclic) bond motifs is 1. The van der Waals surface area contributed by atoms with E-state index in [2.05, 4.69) is 13.8 Å². The van der Waals surface area contributed by atoms with Crippen LogP contribution in [0.15, 0.2) is 4.79 Å². The monoisotopic (exact) mass is 269 g/mol. The molecule has 1 aromatic heterocycles. The molecular formula is C13H19NO3S. The van der Waals surface area contributed by atoms with Gasteiger partial charge < -0.3 is 9.67 Å². The number of carbonyl (C=O) groups is 1. The predicted octanol–water partition coefficient (Wildman–Crippen LogP) is 2.46. The van der Waals surface area contributed by atoms with Gasteiger partial charge in [-0.3, -0.25) is 9.59 Å². The van der Waals surface area contributed by atoms with Crippen molar-refractivity contribution in [1.82, 2.24) is 4.57 Å². The van der Waals surface area contributed by atoms with Crippen LogP contribution in [0.25, 0.3) is 0 Å². The second-order valence-electron chi connectivity index (χ2n) is 5.27. The number of rotatable bonds is 4. The first kappa shape index (κ1) is 13.3. The van der Waals surface area contributed by atoms with Crippen LogP contribution in [0.2, 0.25) is 0 Å². The van der Waals surface area contributed by atoms with Crippen molar-refractivity contribution in [1.29, 1.82) is 0 Å². The molecule has 2 rings (SSSR count). The van der Waals surface area contributed by atoms with Crippen LogP contribution in [0.4, 0.5) is 0 Å². The molecule has 18 heavy (non-hydrogen) atoms. The number of aliphatic carboxylic acids is 1. The molecule has 4 nitrogen and oxygen atoms in total. The number of hydrogen-bond acceptors (Lipinski definition) is 3. The van der Waals surface area contributed by atoms with Crippen molar-refractivity contribution in [2.45, 2.75) is 52.0 Å². The molecule has 5 heteroatoms. The molecular weight excluding hydrogens is 250 g/mol. The fourth-order valence-electron chi connectivity index (χ4n) is 2.79. The van der Waals surface area contributed by atoms with Crippen LogP contribution in [0.1, 0.15) is 49.6 Å². The molecule has 0 fully saturated rings. The van der Waals surface area contributed by atoms with Crippen molar-refractivity contribution in [2.75, 3.05) is 0 Å². The van der Waals surface area contributed by atoms with Gasteiger partial charge in [0.1, 0.15) is 0 Å².